The van der Waals surface area contributed by atoms with Crippen LogP contribution in [0.25, 0.3) is 0 Å². The van der Waals surface area contributed by atoms with E-state index in [0.29, 0.717) is 31.9 Å². The number of para-hydroxylation sites is 1. The molecule has 0 N–H and O–H groups in total. The summed E-state index contributed by atoms with van der Waals surface area (Å²) in [4.78, 5) is 11.1. The second-order valence-corrected chi connectivity index (χ2v) is 6.44. The molecule has 126 valence electrons. The number of ether oxygens (including phenoxy) is 1. The zero-order chi connectivity index (χ0) is 16.7. The number of piperidine rings is 1. The number of benzene rings is 1. The van der Waals surface area contributed by atoms with E-state index in [2.05, 4.69) is 9.97 Å². The van der Waals surface area contributed by atoms with Crippen molar-refractivity contribution in [2.24, 2.45) is 0 Å². The minimum atomic E-state index is -2.56. The first-order valence-electron chi connectivity index (χ1n) is 8.22. The Morgan fingerprint density at radius 1 is 1.12 bits per heavy atom. The Balaban J connectivity index is 1.73. The Bertz CT molecular complexity index is 769. The topological polar surface area (TPSA) is 38.2 Å². The molecule has 1 saturated heterocycles. The van der Waals surface area contributed by atoms with Gasteiger partial charge in [-0.15, -0.1) is 0 Å². The minimum absolute atomic E-state index is 0.127. The maximum Gasteiger partial charge on any atom is 0.251 e. The number of alkyl halides is 2. The molecule has 0 bridgehead atoms. The van der Waals surface area contributed by atoms with E-state index in [0.717, 1.165) is 28.4 Å². The SMILES string of the molecule is Cc1nc2c(c(N3CCC(F)(F)CC3)n1)Cc1ccccc1OC2. The van der Waals surface area contributed by atoms with Gasteiger partial charge >= 0.3 is 0 Å². The smallest absolute Gasteiger partial charge is 0.251 e. The van der Waals surface area contributed by atoms with Gasteiger partial charge in [0.05, 0.1) is 5.69 Å². The Kier molecular flexibility index (Phi) is 3.62. The van der Waals surface area contributed by atoms with E-state index in [-0.39, 0.29) is 12.8 Å². The average molecular weight is 331 g/mol. The summed E-state index contributed by atoms with van der Waals surface area (Å²) < 4.78 is 32.9. The van der Waals surface area contributed by atoms with Crippen molar-refractivity contribution in [3.63, 3.8) is 0 Å². The molecule has 0 atom stereocenters. The molecule has 0 amide bonds. The van der Waals surface area contributed by atoms with Crippen LogP contribution in [0.3, 0.4) is 0 Å². The van der Waals surface area contributed by atoms with E-state index in [1.165, 1.54) is 0 Å². The second kappa shape index (κ2) is 5.69. The number of fused-ring (bicyclic) bond motifs is 2. The third kappa shape index (κ3) is 2.81. The highest BCUT2D eigenvalue weighted by Gasteiger charge is 2.35. The van der Waals surface area contributed by atoms with Crippen molar-refractivity contribution in [3.8, 4) is 5.75 Å². The number of anilines is 1. The maximum atomic E-state index is 13.5. The quantitative estimate of drug-likeness (QED) is 0.802. The number of halogens is 2. The zero-order valence-corrected chi connectivity index (χ0v) is 13.6. The van der Waals surface area contributed by atoms with Gasteiger partial charge in [-0.3, -0.25) is 0 Å². The van der Waals surface area contributed by atoms with Gasteiger partial charge in [-0.25, -0.2) is 18.7 Å². The molecule has 0 saturated carbocycles. The molecule has 4 rings (SSSR count). The third-order valence-electron chi connectivity index (χ3n) is 4.68. The van der Waals surface area contributed by atoms with Gasteiger partial charge in [-0.05, 0) is 18.6 Å². The number of aryl methyl sites for hydroxylation is 1. The zero-order valence-electron chi connectivity index (χ0n) is 13.6. The van der Waals surface area contributed by atoms with Gasteiger partial charge in [0.15, 0.2) is 0 Å². The highest BCUT2D eigenvalue weighted by atomic mass is 19.3. The first kappa shape index (κ1) is 15.3. The van der Waals surface area contributed by atoms with Gasteiger partial charge in [0.25, 0.3) is 5.92 Å². The highest BCUT2D eigenvalue weighted by Crippen LogP contribution is 2.35. The lowest BCUT2D eigenvalue weighted by molar-refractivity contribution is -0.0221. The van der Waals surface area contributed by atoms with Gasteiger partial charge in [0.2, 0.25) is 0 Å². The summed E-state index contributed by atoms with van der Waals surface area (Å²) >= 11 is 0. The van der Waals surface area contributed by atoms with Crippen LogP contribution in [-0.4, -0.2) is 29.0 Å². The van der Waals surface area contributed by atoms with Crippen molar-refractivity contribution in [1.82, 2.24) is 9.97 Å². The summed E-state index contributed by atoms with van der Waals surface area (Å²) in [7, 11) is 0. The lowest BCUT2D eigenvalue weighted by Crippen LogP contribution is -2.40. The van der Waals surface area contributed by atoms with E-state index < -0.39 is 5.92 Å². The third-order valence-corrected chi connectivity index (χ3v) is 4.68. The Morgan fingerprint density at radius 3 is 2.67 bits per heavy atom. The molecule has 0 spiro atoms. The Hall–Kier alpha value is -2.24. The second-order valence-electron chi connectivity index (χ2n) is 6.44. The molecule has 0 unspecified atom stereocenters. The van der Waals surface area contributed by atoms with E-state index >= 15 is 0 Å². The van der Waals surface area contributed by atoms with Crippen molar-refractivity contribution in [1.29, 1.82) is 0 Å². The molecule has 1 fully saturated rings. The van der Waals surface area contributed by atoms with Crippen LogP contribution in [0.2, 0.25) is 0 Å². The fraction of sp³-hybridized carbons (Fsp3) is 0.444. The van der Waals surface area contributed by atoms with Gasteiger partial charge in [-0.2, -0.15) is 0 Å². The summed E-state index contributed by atoms with van der Waals surface area (Å²) in [5, 5.41) is 0. The van der Waals surface area contributed by atoms with Crippen LogP contribution in [0.1, 0.15) is 35.5 Å². The first-order chi connectivity index (χ1) is 11.5. The molecule has 1 aromatic heterocycles. The normalized spacial score (nSPS) is 19.0. The van der Waals surface area contributed by atoms with Gasteiger partial charge in [0.1, 0.15) is 24.0 Å². The summed E-state index contributed by atoms with van der Waals surface area (Å²) in [6.45, 7) is 2.85. The standard InChI is InChI=1S/C18H19F2N3O/c1-12-21-15-11-24-16-5-3-2-4-13(16)10-14(15)17(22-12)23-8-6-18(19,20)7-9-23/h2-5H,6-11H2,1H3. The molecule has 3 heterocycles. The Morgan fingerprint density at radius 2 is 1.88 bits per heavy atom. The summed E-state index contributed by atoms with van der Waals surface area (Å²) in [6.07, 6.45) is 0.407. The van der Waals surface area contributed by atoms with Gasteiger partial charge in [0, 0.05) is 37.9 Å². The highest BCUT2D eigenvalue weighted by molar-refractivity contribution is 5.54. The largest absolute Gasteiger partial charge is 0.487 e. The number of hydrogen-bond donors (Lipinski definition) is 0. The predicted octanol–water partition coefficient (Wildman–Crippen LogP) is 3.50. The first-order valence-corrected chi connectivity index (χ1v) is 8.22. The number of aromatic nitrogens is 2. The monoisotopic (exact) mass is 331 g/mol. The van der Waals surface area contributed by atoms with Crippen LogP contribution in [0.4, 0.5) is 14.6 Å². The number of hydrogen-bond acceptors (Lipinski definition) is 4. The average Bonchev–Trinajstić information content (AvgIpc) is 2.74. The van der Waals surface area contributed by atoms with E-state index in [1.54, 1.807) is 0 Å². The Labute approximate surface area is 139 Å². The number of nitrogens with zero attached hydrogens (tertiary/aromatic N) is 3. The van der Waals surface area contributed by atoms with Crippen LogP contribution in [0.15, 0.2) is 24.3 Å². The molecular formula is C18H19F2N3O. The fourth-order valence-electron chi connectivity index (χ4n) is 3.37. The summed E-state index contributed by atoms with van der Waals surface area (Å²) in [6, 6.07) is 7.89. The van der Waals surface area contributed by atoms with Gasteiger partial charge < -0.3 is 9.64 Å². The predicted molar refractivity (Wildman–Crippen MR) is 86.7 cm³/mol. The molecule has 6 heteroatoms. The summed E-state index contributed by atoms with van der Waals surface area (Å²) in [5.41, 5.74) is 2.93. The number of rotatable bonds is 1. The van der Waals surface area contributed by atoms with Crippen molar-refractivity contribution >= 4 is 5.82 Å². The van der Waals surface area contributed by atoms with Crippen LogP contribution in [-0.2, 0) is 13.0 Å². The molecule has 2 aromatic rings. The molecule has 0 aliphatic carbocycles. The van der Waals surface area contributed by atoms with E-state index in [4.69, 9.17) is 4.74 Å². The van der Waals surface area contributed by atoms with Crippen LogP contribution in [0.5, 0.6) is 5.75 Å². The molecule has 1 aromatic carbocycles. The van der Waals surface area contributed by atoms with E-state index in [1.807, 2.05) is 36.1 Å². The van der Waals surface area contributed by atoms with Gasteiger partial charge in [-0.1, -0.05) is 18.2 Å². The van der Waals surface area contributed by atoms with Crippen molar-refractivity contribution in [3.05, 3.63) is 46.9 Å². The van der Waals surface area contributed by atoms with Crippen LogP contribution >= 0.6 is 0 Å². The fourth-order valence-corrected chi connectivity index (χ4v) is 3.37. The van der Waals surface area contributed by atoms with Crippen molar-refractivity contribution in [2.45, 2.75) is 38.7 Å². The molecule has 2 aliphatic rings. The van der Waals surface area contributed by atoms with Crippen molar-refractivity contribution in [2.75, 3.05) is 18.0 Å². The molecule has 4 nitrogen and oxygen atoms in total. The van der Waals surface area contributed by atoms with E-state index in [9.17, 15) is 8.78 Å². The lowest BCUT2D eigenvalue weighted by atomic mass is 10.0. The molecule has 0 radical (unpaired) electrons. The molecule has 2 aliphatic heterocycles. The summed E-state index contributed by atoms with van der Waals surface area (Å²) in [5.74, 6) is -0.279. The van der Waals surface area contributed by atoms with Crippen molar-refractivity contribution < 1.29 is 13.5 Å². The molecule has 24 heavy (non-hydrogen) atoms. The maximum absolute atomic E-state index is 13.5. The lowest BCUT2D eigenvalue weighted by Gasteiger charge is -2.34. The minimum Gasteiger partial charge on any atom is -0.487 e. The van der Waals surface area contributed by atoms with Crippen LogP contribution < -0.4 is 9.64 Å². The van der Waals surface area contributed by atoms with Crippen LogP contribution in [0, 0.1) is 6.92 Å². The molecular weight excluding hydrogens is 312 g/mol.